The Morgan fingerprint density at radius 3 is 2.76 bits per heavy atom. The second-order valence-electron chi connectivity index (χ2n) is 6.93. The first kappa shape index (κ1) is 21.1. The number of ether oxygens (including phenoxy) is 2. The molecule has 0 saturated heterocycles. The van der Waals surface area contributed by atoms with Gasteiger partial charge in [0.25, 0.3) is 5.69 Å². The molecule has 0 atom stereocenters. The quantitative estimate of drug-likeness (QED) is 0.380. The maximum absolute atomic E-state index is 12.2. The minimum Gasteiger partial charge on any atom is -0.467 e. The van der Waals surface area contributed by atoms with E-state index in [2.05, 4.69) is 5.32 Å². The molecule has 0 unspecified atom stereocenters. The Balaban J connectivity index is 1.50. The van der Waals surface area contributed by atoms with Crippen molar-refractivity contribution in [3.05, 3.63) is 62.7 Å². The number of non-ortho nitro benzene ring substituents is 1. The van der Waals surface area contributed by atoms with Gasteiger partial charge in [-0.25, -0.2) is 0 Å². The molecule has 2 aromatic rings. The number of aryl methyl sites for hydroxylation is 2. The fourth-order valence-electron chi connectivity index (χ4n) is 3.22. The molecule has 2 aromatic carbocycles. The van der Waals surface area contributed by atoms with Gasteiger partial charge in [0.05, 0.1) is 11.5 Å². The van der Waals surface area contributed by atoms with Gasteiger partial charge in [-0.1, -0.05) is 18.2 Å². The van der Waals surface area contributed by atoms with E-state index in [0.29, 0.717) is 30.1 Å². The number of carbonyl (C=O) groups excluding carboxylic acids is 1. The molecule has 1 N–H and O–H groups in total. The largest absolute Gasteiger partial charge is 0.467 e. The van der Waals surface area contributed by atoms with E-state index in [9.17, 15) is 14.9 Å². The third-order valence-corrected chi connectivity index (χ3v) is 5.77. The number of nitrogens with one attached hydrogen (secondary N) is 1. The van der Waals surface area contributed by atoms with E-state index in [1.807, 2.05) is 32.0 Å². The van der Waals surface area contributed by atoms with Crippen molar-refractivity contribution >= 4 is 29.0 Å². The average Bonchev–Trinajstić information content (AvgIpc) is 2.70. The maximum atomic E-state index is 12.2. The van der Waals surface area contributed by atoms with Crippen LogP contribution in [0.1, 0.15) is 35.1 Å². The summed E-state index contributed by atoms with van der Waals surface area (Å²) in [5.74, 6) is 2.04. The number of nitrogens with zero attached hydrogens (tertiary/aromatic N) is 1. The monoisotopic (exact) mass is 416 g/mol. The molecule has 0 bridgehead atoms. The van der Waals surface area contributed by atoms with Crippen molar-refractivity contribution in [3.8, 4) is 5.75 Å². The van der Waals surface area contributed by atoms with Gasteiger partial charge in [0.1, 0.15) is 5.75 Å². The number of nitro groups is 1. The Morgan fingerprint density at radius 2 is 2.03 bits per heavy atom. The standard InChI is InChI=1S/C21H24N2O5S/c1-14-5-3-6-15(2)20(14)22-19(24)7-4-8-29-12-17-10-18(23(25)26)9-16-11-27-13-28-21(16)17/h3,5-6,9-10H,4,7-8,11-13H2,1-2H3,(H,22,24). The SMILES string of the molecule is Cc1cccc(C)c1NC(=O)CCCSCc1cc([N+](=O)[O-])cc2c1OCOC2. The van der Waals surface area contributed by atoms with Crippen molar-refractivity contribution in [1.82, 2.24) is 0 Å². The van der Waals surface area contributed by atoms with E-state index in [1.54, 1.807) is 17.8 Å². The zero-order chi connectivity index (χ0) is 20.8. The lowest BCUT2D eigenvalue weighted by Crippen LogP contribution is -2.14. The summed E-state index contributed by atoms with van der Waals surface area (Å²) in [5.41, 5.74) is 4.52. The Labute approximate surface area is 173 Å². The second kappa shape index (κ2) is 9.76. The fraction of sp³-hybridized carbons (Fsp3) is 0.381. The minimum atomic E-state index is -0.402. The molecule has 0 aliphatic carbocycles. The van der Waals surface area contributed by atoms with Crippen LogP contribution in [0.4, 0.5) is 11.4 Å². The summed E-state index contributed by atoms with van der Waals surface area (Å²) in [6.07, 6.45) is 1.15. The van der Waals surface area contributed by atoms with E-state index in [-0.39, 0.29) is 18.4 Å². The molecule has 0 fully saturated rings. The van der Waals surface area contributed by atoms with Crippen LogP contribution in [0.5, 0.6) is 5.75 Å². The number of benzene rings is 2. The van der Waals surface area contributed by atoms with Crippen LogP contribution >= 0.6 is 11.8 Å². The summed E-state index contributed by atoms with van der Waals surface area (Å²) in [6, 6.07) is 8.99. The Kier molecular flexibility index (Phi) is 7.11. The smallest absolute Gasteiger partial charge is 0.270 e. The number of amides is 1. The first-order chi connectivity index (χ1) is 14.0. The Morgan fingerprint density at radius 1 is 1.28 bits per heavy atom. The molecule has 154 valence electrons. The molecule has 29 heavy (non-hydrogen) atoms. The number of hydrogen-bond acceptors (Lipinski definition) is 6. The molecule has 0 aromatic heterocycles. The van der Waals surface area contributed by atoms with Crippen molar-refractivity contribution in [1.29, 1.82) is 0 Å². The molecule has 0 spiro atoms. The molecule has 8 heteroatoms. The molecule has 3 rings (SSSR count). The number of thioether (sulfide) groups is 1. The normalized spacial score (nSPS) is 12.8. The third-order valence-electron chi connectivity index (χ3n) is 4.68. The van der Waals surface area contributed by atoms with Gasteiger partial charge in [-0.2, -0.15) is 11.8 Å². The Bertz CT molecular complexity index is 896. The highest BCUT2D eigenvalue weighted by Gasteiger charge is 2.20. The average molecular weight is 416 g/mol. The van der Waals surface area contributed by atoms with Crippen molar-refractivity contribution in [2.75, 3.05) is 17.9 Å². The Hall–Kier alpha value is -2.58. The number of fused-ring (bicyclic) bond motifs is 1. The van der Waals surface area contributed by atoms with Gasteiger partial charge in [0.15, 0.2) is 6.79 Å². The molecule has 1 amide bonds. The minimum absolute atomic E-state index is 0.00351. The van der Waals surface area contributed by atoms with Crippen LogP contribution in [0.15, 0.2) is 30.3 Å². The molecular weight excluding hydrogens is 392 g/mol. The summed E-state index contributed by atoms with van der Waals surface area (Å²) >= 11 is 1.63. The van der Waals surface area contributed by atoms with Gasteiger partial charge in [0, 0.05) is 41.1 Å². The highest BCUT2D eigenvalue weighted by Crippen LogP contribution is 2.34. The number of rotatable bonds is 8. The van der Waals surface area contributed by atoms with Gasteiger partial charge >= 0.3 is 0 Å². The number of anilines is 1. The van der Waals surface area contributed by atoms with Crippen LogP contribution in [-0.2, 0) is 21.9 Å². The van der Waals surface area contributed by atoms with Gasteiger partial charge in [-0.05, 0) is 37.1 Å². The van der Waals surface area contributed by atoms with Crippen LogP contribution in [0.3, 0.4) is 0 Å². The summed E-state index contributed by atoms with van der Waals surface area (Å²) in [7, 11) is 0. The van der Waals surface area contributed by atoms with E-state index < -0.39 is 4.92 Å². The highest BCUT2D eigenvalue weighted by molar-refractivity contribution is 7.98. The number of para-hydroxylation sites is 1. The topological polar surface area (TPSA) is 90.7 Å². The third kappa shape index (κ3) is 5.48. The molecular formula is C21H24N2O5S. The molecule has 1 aliphatic heterocycles. The summed E-state index contributed by atoms with van der Waals surface area (Å²) < 4.78 is 10.8. The molecule has 7 nitrogen and oxygen atoms in total. The van der Waals surface area contributed by atoms with Crippen LogP contribution in [-0.4, -0.2) is 23.4 Å². The van der Waals surface area contributed by atoms with Gasteiger partial charge in [-0.15, -0.1) is 0 Å². The molecule has 1 aliphatic rings. The van der Waals surface area contributed by atoms with Crippen LogP contribution in [0.2, 0.25) is 0 Å². The lowest BCUT2D eigenvalue weighted by atomic mass is 10.1. The number of carbonyl (C=O) groups is 1. The van der Waals surface area contributed by atoms with Crippen molar-refractivity contribution in [2.45, 2.75) is 39.0 Å². The van der Waals surface area contributed by atoms with Crippen LogP contribution < -0.4 is 10.1 Å². The van der Waals surface area contributed by atoms with Crippen LogP contribution in [0.25, 0.3) is 0 Å². The van der Waals surface area contributed by atoms with Crippen molar-refractivity contribution in [3.63, 3.8) is 0 Å². The lowest BCUT2D eigenvalue weighted by Gasteiger charge is -2.20. The van der Waals surface area contributed by atoms with Gasteiger partial charge < -0.3 is 14.8 Å². The summed E-state index contributed by atoms with van der Waals surface area (Å²) in [5, 5.41) is 14.2. The van der Waals surface area contributed by atoms with Crippen molar-refractivity contribution < 1.29 is 19.2 Å². The maximum Gasteiger partial charge on any atom is 0.270 e. The molecule has 1 heterocycles. The zero-order valence-electron chi connectivity index (χ0n) is 16.5. The van der Waals surface area contributed by atoms with Crippen molar-refractivity contribution in [2.24, 2.45) is 0 Å². The highest BCUT2D eigenvalue weighted by atomic mass is 32.2. The summed E-state index contributed by atoms with van der Waals surface area (Å²) in [6.45, 7) is 4.42. The van der Waals surface area contributed by atoms with E-state index in [4.69, 9.17) is 9.47 Å². The number of nitro benzene ring substituents is 1. The first-order valence-electron chi connectivity index (χ1n) is 9.40. The molecule has 0 radical (unpaired) electrons. The molecule has 0 saturated carbocycles. The number of hydrogen-bond donors (Lipinski definition) is 1. The second-order valence-corrected chi connectivity index (χ2v) is 8.04. The van der Waals surface area contributed by atoms with E-state index in [0.717, 1.165) is 34.6 Å². The fourth-order valence-corrected chi connectivity index (χ4v) is 4.15. The predicted octanol–water partition coefficient (Wildman–Crippen LogP) is 4.73. The van der Waals surface area contributed by atoms with Gasteiger partial charge in [0.2, 0.25) is 5.91 Å². The first-order valence-corrected chi connectivity index (χ1v) is 10.6. The summed E-state index contributed by atoms with van der Waals surface area (Å²) in [4.78, 5) is 23.0. The van der Waals surface area contributed by atoms with Gasteiger partial charge in [-0.3, -0.25) is 14.9 Å². The zero-order valence-corrected chi connectivity index (χ0v) is 17.3. The lowest BCUT2D eigenvalue weighted by molar-refractivity contribution is -0.385. The predicted molar refractivity (Wildman–Crippen MR) is 113 cm³/mol. The van der Waals surface area contributed by atoms with E-state index in [1.165, 1.54) is 6.07 Å². The van der Waals surface area contributed by atoms with Crippen LogP contribution in [0, 0.1) is 24.0 Å². The van der Waals surface area contributed by atoms with E-state index >= 15 is 0 Å².